The van der Waals surface area contributed by atoms with E-state index in [1.807, 2.05) is 83.8 Å². The van der Waals surface area contributed by atoms with Gasteiger partial charge in [0.05, 0.1) is 16.6 Å². The zero-order valence-electron chi connectivity index (χ0n) is 35.0. The van der Waals surface area contributed by atoms with Crippen molar-refractivity contribution in [3.05, 3.63) is 222 Å². The maximum Gasteiger partial charge on any atom is 0.136 e. The largest absolute Gasteiger partial charge is 0.456 e. The molecule has 0 fully saturated rings. The van der Waals surface area contributed by atoms with Gasteiger partial charge >= 0.3 is 0 Å². The van der Waals surface area contributed by atoms with E-state index in [9.17, 15) is 4.11 Å². The van der Waals surface area contributed by atoms with Crippen molar-refractivity contribution in [2.24, 2.45) is 0 Å². The normalized spacial score (nSPS) is 14.3. The number of nitrogens with zero attached hydrogens (tertiary/aromatic N) is 1. The van der Waals surface area contributed by atoms with Crippen LogP contribution >= 0.6 is 0 Å². The third kappa shape index (κ3) is 4.12. The van der Waals surface area contributed by atoms with Crippen LogP contribution in [0.3, 0.4) is 0 Å². The maximum absolute atomic E-state index is 9.84. The molecule has 0 bridgehead atoms. The molecule has 0 N–H and O–H groups in total. The number of anilines is 3. The van der Waals surface area contributed by atoms with Crippen molar-refractivity contribution in [2.75, 3.05) is 4.90 Å². The van der Waals surface area contributed by atoms with Crippen LogP contribution in [0.4, 0.5) is 17.1 Å². The van der Waals surface area contributed by atoms with Gasteiger partial charge in [0.1, 0.15) is 22.3 Å². The van der Waals surface area contributed by atoms with Gasteiger partial charge in [-0.3, -0.25) is 0 Å². The third-order valence-electron chi connectivity index (χ3n) is 12.4. The van der Waals surface area contributed by atoms with E-state index in [-0.39, 0.29) is 24.2 Å². The highest BCUT2D eigenvalue weighted by Gasteiger charge is 2.51. The maximum atomic E-state index is 9.84. The molecule has 2 aliphatic rings. The summed E-state index contributed by atoms with van der Waals surface area (Å²) in [7, 11) is 0. The van der Waals surface area contributed by atoms with E-state index >= 15 is 0 Å². The Morgan fingerprint density at radius 2 is 0.897 bits per heavy atom. The SMILES string of the molecule is [2H]c1c([2H])c([2H])c(N(c2ccc3c(c2)-c2ccccc2C32c3ccccc3-c3ccccc32)c2ccc3oc4ccccc4c3c2)c(-c2cccc3oc4ccccc4c23)c1[2H]. The van der Waals surface area contributed by atoms with Gasteiger partial charge in [-0.1, -0.05) is 146 Å². The lowest BCUT2D eigenvalue weighted by Gasteiger charge is -2.31. The lowest BCUT2D eigenvalue weighted by Crippen LogP contribution is -2.25. The monoisotopic (exact) mass is 743 g/mol. The summed E-state index contributed by atoms with van der Waals surface area (Å²) in [6, 6.07) is 59.3. The van der Waals surface area contributed by atoms with Crippen LogP contribution in [-0.4, -0.2) is 0 Å². The minimum atomic E-state index is -0.545. The first-order valence-electron chi connectivity index (χ1n) is 21.6. The van der Waals surface area contributed by atoms with Crippen molar-refractivity contribution in [2.45, 2.75) is 5.41 Å². The van der Waals surface area contributed by atoms with Crippen LogP contribution in [0.25, 0.3) is 77.3 Å². The predicted molar refractivity (Wildman–Crippen MR) is 237 cm³/mol. The van der Waals surface area contributed by atoms with Crippen molar-refractivity contribution in [3.63, 3.8) is 0 Å². The Morgan fingerprint density at radius 1 is 0.379 bits per heavy atom. The van der Waals surface area contributed by atoms with Crippen molar-refractivity contribution in [1.29, 1.82) is 0 Å². The zero-order valence-corrected chi connectivity index (χ0v) is 31.0. The average Bonchev–Trinajstić information content (AvgIpc) is 4.05. The molecule has 1 spiro atoms. The first kappa shape index (κ1) is 27.9. The highest BCUT2D eigenvalue weighted by atomic mass is 16.3. The summed E-state index contributed by atoms with van der Waals surface area (Å²) in [4.78, 5) is 2.01. The van der Waals surface area contributed by atoms with Gasteiger partial charge in [-0.05, 0) is 105 Å². The van der Waals surface area contributed by atoms with Gasteiger partial charge in [0.25, 0.3) is 0 Å². The molecule has 3 nitrogen and oxygen atoms in total. The van der Waals surface area contributed by atoms with E-state index < -0.39 is 5.41 Å². The number of furan rings is 2. The van der Waals surface area contributed by atoms with Crippen LogP contribution in [0.2, 0.25) is 0 Å². The Kier molecular flexibility index (Phi) is 5.63. The highest BCUT2D eigenvalue weighted by molar-refractivity contribution is 6.14. The summed E-state index contributed by atoms with van der Waals surface area (Å²) in [6.45, 7) is 0. The summed E-state index contributed by atoms with van der Waals surface area (Å²) in [5.41, 5.74) is 14.6. The number of fused-ring (bicyclic) bond motifs is 16. The topological polar surface area (TPSA) is 29.5 Å². The van der Waals surface area contributed by atoms with Crippen molar-refractivity contribution < 1.29 is 14.3 Å². The number of rotatable bonds is 4. The molecule has 0 aliphatic heterocycles. The summed E-state index contributed by atoms with van der Waals surface area (Å²) in [5.74, 6) is 0. The van der Waals surface area contributed by atoms with E-state index in [1.54, 1.807) is 0 Å². The lowest BCUT2D eigenvalue weighted by molar-refractivity contribution is 0.668. The molecular formula is C55H33NO2. The van der Waals surface area contributed by atoms with Gasteiger partial charge in [-0.2, -0.15) is 0 Å². The first-order chi connectivity index (χ1) is 30.4. The molecule has 0 atom stereocenters. The van der Waals surface area contributed by atoms with Crippen LogP contribution in [-0.2, 0) is 5.41 Å². The molecular weight excluding hydrogens is 707 g/mol. The van der Waals surface area contributed by atoms with Crippen molar-refractivity contribution in [3.8, 4) is 33.4 Å². The Labute approximate surface area is 340 Å². The fourth-order valence-electron chi connectivity index (χ4n) is 10.1. The smallest absolute Gasteiger partial charge is 0.136 e. The number of benzene rings is 9. The van der Waals surface area contributed by atoms with Crippen molar-refractivity contribution >= 4 is 60.9 Å². The first-order valence-corrected chi connectivity index (χ1v) is 19.6. The van der Waals surface area contributed by atoms with Gasteiger partial charge < -0.3 is 13.7 Å². The van der Waals surface area contributed by atoms with E-state index in [1.165, 1.54) is 33.4 Å². The average molecular weight is 744 g/mol. The fraction of sp³-hybridized carbons (Fsp3) is 0.0182. The number of hydrogen-bond acceptors (Lipinski definition) is 3. The molecule has 13 rings (SSSR count). The minimum Gasteiger partial charge on any atom is -0.456 e. The Hall–Kier alpha value is -7.62. The third-order valence-corrected chi connectivity index (χ3v) is 12.4. The Bertz CT molecular complexity index is 3690. The molecule has 0 saturated heterocycles. The molecule has 0 amide bonds. The summed E-state index contributed by atoms with van der Waals surface area (Å²) in [5, 5.41) is 3.51. The lowest BCUT2D eigenvalue weighted by atomic mass is 9.70. The molecule has 2 heterocycles. The second-order valence-electron chi connectivity index (χ2n) is 15.2. The number of para-hydroxylation sites is 3. The van der Waals surface area contributed by atoms with Gasteiger partial charge in [-0.15, -0.1) is 0 Å². The molecule has 3 heteroatoms. The van der Waals surface area contributed by atoms with Gasteiger partial charge in [0, 0.05) is 38.5 Å². The molecule has 0 saturated carbocycles. The standard InChI is InChI=1S/C55H33NO2/c1-7-21-45-36(14-1)37-15-2-8-22-46(37)55(45)47-23-9-3-16-38(47)43-32-34(28-30-48(43)55)56(35-29-31-52-44(33-35)40-18-5-11-25-50(40)57-52)49-24-10-4-17-39(49)41-20-13-27-53-54(41)42-19-6-12-26-51(42)58-53/h1-33H/i4D,10D,17D,24D. The van der Waals surface area contributed by atoms with E-state index in [0.717, 1.165) is 55.2 Å². The molecule has 9 aromatic carbocycles. The molecule has 270 valence electrons. The summed E-state index contributed by atoms with van der Waals surface area (Å²) in [6.07, 6.45) is 0. The van der Waals surface area contributed by atoms with Gasteiger partial charge in [-0.25, -0.2) is 0 Å². The van der Waals surface area contributed by atoms with E-state index in [4.69, 9.17) is 10.2 Å². The van der Waals surface area contributed by atoms with E-state index in [2.05, 4.69) is 97.1 Å². The van der Waals surface area contributed by atoms with E-state index in [0.29, 0.717) is 28.0 Å². The molecule has 0 unspecified atom stereocenters. The highest BCUT2D eigenvalue weighted by Crippen LogP contribution is 2.63. The van der Waals surface area contributed by atoms with Gasteiger partial charge in [0.2, 0.25) is 0 Å². The molecule has 0 radical (unpaired) electrons. The molecule has 11 aromatic rings. The van der Waals surface area contributed by atoms with Crippen LogP contribution in [0.15, 0.2) is 209 Å². The Morgan fingerprint density at radius 3 is 1.66 bits per heavy atom. The van der Waals surface area contributed by atoms with Crippen LogP contribution in [0.1, 0.15) is 27.7 Å². The van der Waals surface area contributed by atoms with Crippen LogP contribution in [0, 0.1) is 0 Å². The number of hydrogen-bond donors (Lipinski definition) is 0. The predicted octanol–water partition coefficient (Wildman–Crippen LogP) is 15.0. The van der Waals surface area contributed by atoms with Crippen LogP contribution in [0.5, 0.6) is 0 Å². The van der Waals surface area contributed by atoms with Gasteiger partial charge in [0.15, 0.2) is 0 Å². The zero-order chi connectivity index (χ0) is 41.4. The summed E-state index contributed by atoms with van der Waals surface area (Å²) < 4.78 is 50.5. The summed E-state index contributed by atoms with van der Waals surface area (Å²) >= 11 is 0. The second-order valence-corrected chi connectivity index (χ2v) is 15.2. The minimum absolute atomic E-state index is 0.136. The molecule has 2 aromatic heterocycles. The quantitative estimate of drug-likeness (QED) is 0.180. The fourth-order valence-corrected chi connectivity index (χ4v) is 10.1. The molecule has 2 aliphatic carbocycles. The van der Waals surface area contributed by atoms with Crippen LogP contribution < -0.4 is 4.90 Å². The Balaban J connectivity index is 1.14. The molecule has 58 heavy (non-hydrogen) atoms. The van der Waals surface area contributed by atoms with Crippen molar-refractivity contribution in [1.82, 2.24) is 0 Å². The second kappa shape index (κ2) is 11.7.